The van der Waals surface area contributed by atoms with Gasteiger partial charge in [0.2, 0.25) is 17.7 Å². The van der Waals surface area contributed by atoms with E-state index in [1.807, 2.05) is 0 Å². The zero-order chi connectivity index (χ0) is 20.3. The van der Waals surface area contributed by atoms with Gasteiger partial charge in [0.25, 0.3) is 0 Å². The molecule has 0 spiro atoms. The normalized spacial score (nSPS) is 13.9. The van der Waals surface area contributed by atoms with E-state index in [1.54, 1.807) is 25.3 Å². The number of nitrogens with zero attached hydrogens (tertiary/aromatic N) is 2. The van der Waals surface area contributed by atoms with E-state index in [9.17, 15) is 18.8 Å². The molecule has 2 N–H and O–H groups in total. The number of hydrogen-bond donors (Lipinski definition) is 2. The van der Waals surface area contributed by atoms with Crippen LogP contribution < -0.4 is 15.5 Å². The van der Waals surface area contributed by atoms with Crippen molar-refractivity contribution in [3.8, 4) is 0 Å². The molecular formula is C19H21FN4O3S. The maximum atomic E-state index is 14.3. The molecule has 28 heavy (non-hydrogen) atoms. The van der Waals surface area contributed by atoms with Crippen LogP contribution in [-0.2, 0) is 20.8 Å². The van der Waals surface area contributed by atoms with Gasteiger partial charge in [0, 0.05) is 30.0 Å². The molecule has 1 saturated heterocycles. The van der Waals surface area contributed by atoms with Gasteiger partial charge < -0.3 is 15.5 Å². The van der Waals surface area contributed by atoms with Gasteiger partial charge in [0.15, 0.2) is 5.13 Å². The zero-order valence-electron chi connectivity index (χ0n) is 15.6. The molecule has 1 aromatic carbocycles. The van der Waals surface area contributed by atoms with Gasteiger partial charge in [-0.3, -0.25) is 14.4 Å². The highest BCUT2D eigenvalue weighted by molar-refractivity contribution is 7.13. The number of anilines is 3. The monoisotopic (exact) mass is 404 g/mol. The zero-order valence-corrected chi connectivity index (χ0v) is 16.4. The first kappa shape index (κ1) is 19.9. The molecule has 0 unspecified atom stereocenters. The van der Waals surface area contributed by atoms with Crippen molar-refractivity contribution in [3.63, 3.8) is 0 Å². The lowest BCUT2D eigenvalue weighted by Crippen LogP contribution is -2.24. The summed E-state index contributed by atoms with van der Waals surface area (Å²) < 4.78 is 14.3. The van der Waals surface area contributed by atoms with Crippen LogP contribution in [0.1, 0.15) is 32.4 Å². The van der Waals surface area contributed by atoms with Crippen molar-refractivity contribution in [1.82, 2.24) is 4.98 Å². The lowest BCUT2D eigenvalue weighted by molar-refractivity contribution is -0.119. The number of hydrogen-bond acceptors (Lipinski definition) is 5. The molecule has 1 aliphatic rings. The van der Waals surface area contributed by atoms with E-state index in [4.69, 9.17) is 0 Å². The lowest BCUT2D eigenvalue weighted by Gasteiger charge is -2.17. The van der Waals surface area contributed by atoms with Gasteiger partial charge in [-0.05, 0) is 24.6 Å². The van der Waals surface area contributed by atoms with E-state index in [1.165, 1.54) is 28.4 Å². The minimum atomic E-state index is -0.555. The number of carbonyl (C=O) groups is 3. The molecule has 1 fully saturated rings. The first-order valence-electron chi connectivity index (χ1n) is 8.98. The maximum Gasteiger partial charge on any atom is 0.230 e. The summed E-state index contributed by atoms with van der Waals surface area (Å²) in [4.78, 5) is 41.3. The highest BCUT2D eigenvalue weighted by Crippen LogP contribution is 2.27. The van der Waals surface area contributed by atoms with E-state index in [0.29, 0.717) is 35.9 Å². The molecular weight excluding hydrogens is 383 g/mol. The summed E-state index contributed by atoms with van der Waals surface area (Å²) in [7, 11) is 0. The summed E-state index contributed by atoms with van der Waals surface area (Å²) in [5, 5.41) is 7.44. The molecule has 0 saturated carbocycles. The molecule has 1 aromatic heterocycles. The standard InChI is InChI=1S/C19H21FN4O3S/c1-11(2)18(27)23-19-22-13(10-28-19)9-16(25)21-12-5-6-15(14(20)8-12)24-7-3-4-17(24)26/h5-6,8,10-11H,3-4,7,9H2,1-2H3,(H,21,25)(H,22,23,27). The number of halogens is 1. The molecule has 0 bridgehead atoms. The summed E-state index contributed by atoms with van der Waals surface area (Å²) >= 11 is 1.24. The van der Waals surface area contributed by atoms with Crippen LogP contribution in [0.4, 0.5) is 20.9 Å². The molecule has 148 valence electrons. The quantitative estimate of drug-likeness (QED) is 0.774. The number of nitrogens with one attached hydrogen (secondary N) is 2. The average Bonchev–Trinajstić information content (AvgIpc) is 3.24. The van der Waals surface area contributed by atoms with E-state index >= 15 is 0 Å². The Morgan fingerprint density at radius 1 is 1.32 bits per heavy atom. The van der Waals surface area contributed by atoms with E-state index in [2.05, 4.69) is 15.6 Å². The van der Waals surface area contributed by atoms with Gasteiger partial charge in [-0.25, -0.2) is 9.37 Å². The summed E-state index contributed by atoms with van der Waals surface area (Å²) in [6.45, 7) is 4.06. The number of thiazole rings is 1. The van der Waals surface area contributed by atoms with E-state index < -0.39 is 5.82 Å². The second-order valence-electron chi connectivity index (χ2n) is 6.83. The number of carbonyl (C=O) groups excluding carboxylic acids is 3. The van der Waals surface area contributed by atoms with Gasteiger partial charge >= 0.3 is 0 Å². The number of aromatic nitrogens is 1. The summed E-state index contributed by atoms with van der Waals surface area (Å²) in [5.74, 6) is -1.31. The second-order valence-corrected chi connectivity index (χ2v) is 7.69. The Morgan fingerprint density at radius 3 is 2.75 bits per heavy atom. The second kappa shape index (κ2) is 8.47. The van der Waals surface area contributed by atoms with Crippen molar-refractivity contribution in [2.24, 2.45) is 5.92 Å². The molecule has 9 heteroatoms. The topological polar surface area (TPSA) is 91.4 Å². The Hall–Kier alpha value is -2.81. The highest BCUT2D eigenvalue weighted by Gasteiger charge is 2.24. The maximum absolute atomic E-state index is 14.3. The first-order valence-corrected chi connectivity index (χ1v) is 9.86. The molecule has 0 aliphatic carbocycles. The molecule has 3 rings (SSSR count). The molecule has 0 radical (unpaired) electrons. The van der Waals surface area contributed by atoms with Gasteiger partial charge in [-0.1, -0.05) is 13.8 Å². The van der Waals surface area contributed by atoms with Gasteiger partial charge in [0.05, 0.1) is 17.8 Å². The molecule has 0 atom stereocenters. The van der Waals surface area contributed by atoms with E-state index in [-0.39, 0.29) is 35.7 Å². The lowest BCUT2D eigenvalue weighted by atomic mass is 10.2. The fraction of sp³-hybridized carbons (Fsp3) is 0.368. The van der Waals surface area contributed by atoms with Crippen molar-refractivity contribution < 1.29 is 18.8 Å². The van der Waals surface area contributed by atoms with Gasteiger partial charge in [0.1, 0.15) is 5.82 Å². The summed E-state index contributed by atoms with van der Waals surface area (Å²) in [5.41, 5.74) is 1.05. The Morgan fingerprint density at radius 2 is 2.11 bits per heavy atom. The Bertz CT molecular complexity index is 912. The van der Waals surface area contributed by atoms with Crippen molar-refractivity contribution in [2.45, 2.75) is 33.1 Å². The number of rotatable bonds is 6. The third-order valence-corrected chi connectivity index (χ3v) is 5.05. The largest absolute Gasteiger partial charge is 0.326 e. The highest BCUT2D eigenvalue weighted by atomic mass is 32.1. The molecule has 1 aliphatic heterocycles. The third kappa shape index (κ3) is 4.72. The van der Waals surface area contributed by atoms with Crippen molar-refractivity contribution in [3.05, 3.63) is 35.1 Å². The smallest absolute Gasteiger partial charge is 0.230 e. The first-order chi connectivity index (χ1) is 13.3. The van der Waals surface area contributed by atoms with Crippen LogP contribution in [0.15, 0.2) is 23.6 Å². The van der Waals surface area contributed by atoms with Crippen LogP contribution >= 0.6 is 11.3 Å². The molecule has 2 heterocycles. The van der Waals surface area contributed by atoms with Crippen LogP contribution in [0.3, 0.4) is 0 Å². The Kier molecular flexibility index (Phi) is 6.03. The summed E-state index contributed by atoms with van der Waals surface area (Å²) in [6, 6.07) is 4.27. The SMILES string of the molecule is CC(C)C(=O)Nc1nc(CC(=O)Nc2ccc(N3CCCC3=O)c(F)c2)cs1. The van der Waals surface area contributed by atoms with Crippen molar-refractivity contribution >= 4 is 45.6 Å². The average molecular weight is 404 g/mol. The van der Waals surface area contributed by atoms with Gasteiger partial charge in [-0.15, -0.1) is 11.3 Å². The van der Waals surface area contributed by atoms with Crippen molar-refractivity contribution in [2.75, 3.05) is 22.1 Å². The van der Waals surface area contributed by atoms with Gasteiger partial charge in [-0.2, -0.15) is 0 Å². The fourth-order valence-corrected chi connectivity index (χ4v) is 3.48. The van der Waals surface area contributed by atoms with Crippen LogP contribution in [0, 0.1) is 11.7 Å². The molecule has 2 aromatic rings. The predicted octanol–water partition coefficient (Wildman–Crippen LogP) is 3.18. The number of benzene rings is 1. The van der Waals surface area contributed by atoms with Crippen LogP contribution in [0.2, 0.25) is 0 Å². The third-order valence-electron chi connectivity index (χ3n) is 4.24. The fourth-order valence-electron chi connectivity index (χ4n) is 2.77. The van der Waals surface area contributed by atoms with E-state index in [0.717, 1.165) is 0 Å². The van der Waals surface area contributed by atoms with Crippen molar-refractivity contribution in [1.29, 1.82) is 0 Å². The Balaban J connectivity index is 1.59. The van der Waals surface area contributed by atoms with Crippen LogP contribution in [0.5, 0.6) is 0 Å². The Labute approximate surface area is 166 Å². The van der Waals surface area contributed by atoms with Crippen LogP contribution in [-0.4, -0.2) is 29.3 Å². The predicted molar refractivity (Wildman–Crippen MR) is 106 cm³/mol. The minimum absolute atomic E-state index is 0.00201. The molecule has 7 nitrogen and oxygen atoms in total. The number of amides is 3. The molecule has 3 amide bonds. The minimum Gasteiger partial charge on any atom is -0.326 e. The van der Waals surface area contributed by atoms with Crippen LogP contribution in [0.25, 0.3) is 0 Å². The summed E-state index contributed by atoms with van der Waals surface area (Å²) in [6.07, 6.45) is 1.14.